The van der Waals surface area contributed by atoms with Crippen LogP contribution in [0, 0.1) is 13.8 Å². The molecule has 1 aliphatic heterocycles. The Labute approximate surface area is 72.1 Å². The molecule has 1 heterocycles. The molecule has 0 saturated carbocycles. The SMILES string of the molecule is [CH]c1cc2c(cc1[CH])OCCO2. The molecule has 0 amide bonds. The van der Waals surface area contributed by atoms with Crippen molar-refractivity contribution in [1.29, 1.82) is 0 Å². The van der Waals surface area contributed by atoms with Crippen molar-refractivity contribution in [3.05, 3.63) is 37.1 Å². The van der Waals surface area contributed by atoms with E-state index in [-0.39, 0.29) is 0 Å². The third-order valence-corrected chi connectivity index (χ3v) is 1.75. The van der Waals surface area contributed by atoms with Crippen molar-refractivity contribution >= 4 is 0 Å². The Morgan fingerprint density at radius 2 is 1.33 bits per heavy atom. The molecule has 0 saturated heterocycles. The zero-order valence-corrected chi connectivity index (χ0v) is 6.54. The van der Waals surface area contributed by atoms with E-state index in [1.165, 1.54) is 0 Å². The molecule has 0 atom stereocenters. The van der Waals surface area contributed by atoms with E-state index < -0.39 is 0 Å². The van der Waals surface area contributed by atoms with E-state index >= 15 is 0 Å². The summed E-state index contributed by atoms with van der Waals surface area (Å²) in [6.07, 6.45) is 0. The third-order valence-electron chi connectivity index (χ3n) is 1.75. The molecule has 4 radical (unpaired) electrons. The Bertz CT molecular complexity index is 274. The van der Waals surface area contributed by atoms with Crippen LogP contribution in [0.2, 0.25) is 0 Å². The molecule has 2 rings (SSSR count). The Kier molecular flexibility index (Phi) is 1.68. The third kappa shape index (κ3) is 1.13. The van der Waals surface area contributed by atoms with Crippen LogP contribution in [0.15, 0.2) is 12.1 Å². The maximum atomic E-state index is 5.58. The van der Waals surface area contributed by atoms with E-state index in [0.717, 1.165) is 0 Å². The number of hydrogen-bond acceptors (Lipinski definition) is 2. The highest BCUT2D eigenvalue weighted by Gasteiger charge is 2.12. The van der Waals surface area contributed by atoms with Crippen LogP contribution in [-0.4, -0.2) is 13.2 Å². The topological polar surface area (TPSA) is 18.5 Å². The molecule has 0 N–H and O–H groups in total. The monoisotopic (exact) mass is 160 g/mol. The second-order valence-corrected chi connectivity index (χ2v) is 2.62. The maximum Gasteiger partial charge on any atom is 0.161 e. The van der Waals surface area contributed by atoms with Crippen molar-refractivity contribution < 1.29 is 9.47 Å². The van der Waals surface area contributed by atoms with Gasteiger partial charge in [-0.3, -0.25) is 0 Å². The van der Waals surface area contributed by atoms with Gasteiger partial charge in [-0.25, -0.2) is 0 Å². The van der Waals surface area contributed by atoms with Crippen molar-refractivity contribution in [1.82, 2.24) is 0 Å². The smallest absolute Gasteiger partial charge is 0.161 e. The fourth-order valence-electron chi connectivity index (χ4n) is 1.12. The van der Waals surface area contributed by atoms with Gasteiger partial charge in [0.15, 0.2) is 11.5 Å². The molecule has 60 valence electrons. The quantitative estimate of drug-likeness (QED) is 0.573. The van der Waals surface area contributed by atoms with Gasteiger partial charge in [-0.15, -0.1) is 0 Å². The van der Waals surface area contributed by atoms with Gasteiger partial charge in [0.1, 0.15) is 13.2 Å². The van der Waals surface area contributed by atoms with Crippen LogP contribution in [0.4, 0.5) is 0 Å². The van der Waals surface area contributed by atoms with Gasteiger partial charge in [0.25, 0.3) is 0 Å². The Morgan fingerprint density at radius 3 is 1.75 bits per heavy atom. The molecule has 0 aliphatic carbocycles. The highest BCUT2D eigenvalue weighted by atomic mass is 16.6. The van der Waals surface area contributed by atoms with Gasteiger partial charge in [0.2, 0.25) is 0 Å². The van der Waals surface area contributed by atoms with Crippen molar-refractivity contribution in [2.75, 3.05) is 13.2 Å². The molecule has 0 aromatic heterocycles. The minimum atomic E-state index is 0.527. The molecular weight excluding hydrogens is 152 g/mol. The molecule has 0 bridgehead atoms. The summed E-state index contributed by atoms with van der Waals surface area (Å²) in [5, 5.41) is 0. The van der Waals surface area contributed by atoms with Crippen LogP contribution in [0.3, 0.4) is 0 Å². The first-order valence-electron chi connectivity index (χ1n) is 3.72. The number of benzene rings is 1. The summed E-state index contributed by atoms with van der Waals surface area (Å²) in [5.41, 5.74) is 1.05. The van der Waals surface area contributed by atoms with Gasteiger partial charge >= 0.3 is 0 Å². The molecule has 12 heavy (non-hydrogen) atoms. The van der Waals surface area contributed by atoms with Gasteiger partial charge in [-0.1, -0.05) is 0 Å². The molecule has 2 heteroatoms. The largest absolute Gasteiger partial charge is 0.486 e. The molecule has 1 aliphatic rings. The summed E-state index contributed by atoms with van der Waals surface area (Å²) in [5.74, 6) is 1.35. The standard InChI is InChI=1S/C10H8O2/c1-7-5-9-10(6-8(7)2)12-4-3-11-9/h1-2,5-6H,3-4H2. The Morgan fingerprint density at radius 1 is 0.917 bits per heavy atom. The Hall–Kier alpha value is -1.18. The second kappa shape index (κ2) is 2.70. The zero-order valence-electron chi connectivity index (χ0n) is 6.54. The summed E-state index contributed by atoms with van der Waals surface area (Å²) in [6, 6.07) is 3.37. The lowest BCUT2D eigenvalue weighted by molar-refractivity contribution is 0.171. The van der Waals surface area contributed by atoms with Crippen LogP contribution < -0.4 is 9.47 Å². The van der Waals surface area contributed by atoms with Crippen LogP contribution in [-0.2, 0) is 0 Å². The van der Waals surface area contributed by atoms with Gasteiger partial charge in [0.05, 0.1) is 0 Å². The number of hydrogen-bond donors (Lipinski definition) is 0. The van der Waals surface area contributed by atoms with E-state index in [1.807, 2.05) is 0 Å². The van der Waals surface area contributed by atoms with E-state index in [4.69, 9.17) is 23.3 Å². The molecule has 0 unspecified atom stereocenters. The van der Waals surface area contributed by atoms with Gasteiger partial charge in [0, 0.05) is 0 Å². The molecule has 0 spiro atoms. The first-order valence-corrected chi connectivity index (χ1v) is 3.72. The van der Waals surface area contributed by atoms with Gasteiger partial charge < -0.3 is 9.47 Å². The van der Waals surface area contributed by atoms with Crippen LogP contribution in [0.5, 0.6) is 11.5 Å². The van der Waals surface area contributed by atoms with Crippen LogP contribution in [0.25, 0.3) is 0 Å². The molecule has 1 aromatic rings. The van der Waals surface area contributed by atoms with Crippen molar-refractivity contribution in [3.8, 4) is 11.5 Å². The fraction of sp³-hybridized carbons (Fsp3) is 0.200. The fourth-order valence-corrected chi connectivity index (χ4v) is 1.12. The van der Waals surface area contributed by atoms with E-state index in [0.29, 0.717) is 35.8 Å². The van der Waals surface area contributed by atoms with Crippen LogP contribution >= 0.6 is 0 Å². The van der Waals surface area contributed by atoms with E-state index in [1.54, 1.807) is 12.1 Å². The minimum absolute atomic E-state index is 0.527. The number of rotatable bonds is 0. The molecule has 2 nitrogen and oxygen atoms in total. The molecule has 0 fully saturated rings. The lowest BCUT2D eigenvalue weighted by atomic mass is 10.1. The molecular formula is C10H8O2. The first-order chi connectivity index (χ1) is 5.77. The van der Waals surface area contributed by atoms with Gasteiger partial charge in [-0.2, -0.15) is 0 Å². The average Bonchev–Trinajstić information content (AvgIpc) is 2.07. The first kappa shape index (κ1) is 7.47. The lowest BCUT2D eigenvalue weighted by Gasteiger charge is -2.19. The van der Waals surface area contributed by atoms with Gasteiger partial charge in [-0.05, 0) is 37.1 Å². The van der Waals surface area contributed by atoms with E-state index in [2.05, 4.69) is 0 Å². The number of fused-ring (bicyclic) bond motifs is 1. The van der Waals surface area contributed by atoms with E-state index in [9.17, 15) is 0 Å². The van der Waals surface area contributed by atoms with Crippen LogP contribution in [0.1, 0.15) is 11.1 Å². The Balaban J connectivity index is 2.49. The second-order valence-electron chi connectivity index (χ2n) is 2.62. The predicted octanol–water partition coefficient (Wildman–Crippen LogP) is 1.58. The van der Waals surface area contributed by atoms with Crippen molar-refractivity contribution in [2.45, 2.75) is 0 Å². The summed E-state index contributed by atoms with van der Waals surface area (Å²) in [6.45, 7) is 12.3. The predicted molar refractivity (Wildman–Crippen MR) is 44.2 cm³/mol. The minimum Gasteiger partial charge on any atom is -0.486 e. The molecule has 1 aromatic carbocycles. The highest BCUT2D eigenvalue weighted by molar-refractivity contribution is 5.49. The summed E-state index contributed by atoms with van der Waals surface area (Å²) in [7, 11) is 0. The summed E-state index contributed by atoms with van der Waals surface area (Å²) < 4.78 is 10.6. The summed E-state index contributed by atoms with van der Waals surface area (Å²) >= 11 is 0. The zero-order chi connectivity index (χ0) is 8.55. The maximum absolute atomic E-state index is 5.58. The van der Waals surface area contributed by atoms with Crippen molar-refractivity contribution in [2.24, 2.45) is 0 Å². The lowest BCUT2D eigenvalue weighted by Crippen LogP contribution is -2.15. The summed E-state index contributed by atoms with van der Waals surface area (Å²) in [4.78, 5) is 0. The van der Waals surface area contributed by atoms with Crippen molar-refractivity contribution in [3.63, 3.8) is 0 Å². The number of ether oxygens (including phenoxy) is 2. The highest BCUT2D eigenvalue weighted by Crippen LogP contribution is 2.32. The normalized spacial score (nSPS) is 14.5. The average molecular weight is 160 g/mol.